The average Bonchev–Trinajstić information content (AvgIpc) is 2.23. The summed E-state index contributed by atoms with van der Waals surface area (Å²) in [5.74, 6) is -0.874. The van der Waals surface area contributed by atoms with Crippen LogP contribution in [0, 0.1) is 11.6 Å². The molecular formula is C10H15F2N3. The highest BCUT2D eigenvalue weighted by atomic mass is 19.1. The largest absolute Gasteiger partial charge is 0.329 e. The molecule has 5 heteroatoms. The summed E-state index contributed by atoms with van der Waals surface area (Å²) >= 11 is 0. The predicted molar refractivity (Wildman–Crippen MR) is 55.1 cm³/mol. The number of hydrogen-bond donors (Lipinski definition) is 3. The molecule has 15 heavy (non-hydrogen) atoms. The highest BCUT2D eigenvalue weighted by Crippen LogP contribution is 2.08. The number of rotatable bonds is 5. The molecule has 0 heterocycles. The molecule has 3 nitrogen and oxygen atoms in total. The first-order valence-electron chi connectivity index (χ1n) is 4.73. The van der Waals surface area contributed by atoms with Crippen molar-refractivity contribution in [3.05, 3.63) is 35.4 Å². The molecular weight excluding hydrogens is 200 g/mol. The van der Waals surface area contributed by atoms with Crippen molar-refractivity contribution >= 4 is 0 Å². The minimum absolute atomic E-state index is 0.165. The maximum atomic E-state index is 13.1. The molecule has 1 rings (SSSR count). The van der Waals surface area contributed by atoms with Crippen molar-refractivity contribution in [1.29, 1.82) is 0 Å². The summed E-state index contributed by atoms with van der Waals surface area (Å²) < 4.78 is 25.9. The van der Waals surface area contributed by atoms with E-state index in [0.29, 0.717) is 18.7 Å². The number of halogens is 2. The van der Waals surface area contributed by atoms with E-state index in [1.807, 2.05) is 0 Å². The Morgan fingerprint density at radius 1 is 1.33 bits per heavy atom. The van der Waals surface area contributed by atoms with E-state index in [-0.39, 0.29) is 12.6 Å². The lowest BCUT2D eigenvalue weighted by Gasteiger charge is -2.10. The van der Waals surface area contributed by atoms with Crippen LogP contribution in [-0.2, 0) is 6.54 Å². The van der Waals surface area contributed by atoms with Crippen molar-refractivity contribution in [2.75, 3.05) is 13.1 Å². The molecule has 0 aliphatic heterocycles. The fourth-order valence-corrected chi connectivity index (χ4v) is 1.15. The molecule has 1 aromatic carbocycles. The zero-order valence-electron chi connectivity index (χ0n) is 8.34. The Bertz CT molecular complexity index is 318. The lowest BCUT2D eigenvalue weighted by Crippen LogP contribution is -2.39. The fourth-order valence-electron chi connectivity index (χ4n) is 1.15. The van der Waals surface area contributed by atoms with Crippen LogP contribution in [0.2, 0.25) is 0 Å². The third-order valence-corrected chi connectivity index (χ3v) is 2.03. The smallest absolute Gasteiger partial charge is 0.127 e. The molecule has 0 spiro atoms. The summed E-state index contributed by atoms with van der Waals surface area (Å²) in [6.45, 7) is 1.09. The van der Waals surface area contributed by atoms with Crippen molar-refractivity contribution in [1.82, 2.24) is 5.32 Å². The zero-order valence-corrected chi connectivity index (χ0v) is 8.34. The molecule has 0 fully saturated rings. The molecule has 1 atom stereocenters. The molecule has 0 aliphatic carbocycles. The zero-order chi connectivity index (χ0) is 11.3. The molecule has 0 saturated carbocycles. The van der Waals surface area contributed by atoms with Gasteiger partial charge in [0.2, 0.25) is 0 Å². The van der Waals surface area contributed by atoms with Gasteiger partial charge in [0, 0.05) is 31.2 Å². The van der Waals surface area contributed by atoms with Gasteiger partial charge in [-0.25, -0.2) is 8.78 Å². The second-order valence-corrected chi connectivity index (χ2v) is 3.36. The molecule has 0 radical (unpaired) electrons. The van der Waals surface area contributed by atoms with E-state index in [9.17, 15) is 8.78 Å². The molecule has 5 N–H and O–H groups in total. The van der Waals surface area contributed by atoms with E-state index in [1.54, 1.807) is 0 Å². The normalized spacial score (nSPS) is 12.8. The van der Waals surface area contributed by atoms with Crippen LogP contribution in [0.4, 0.5) is 8.78 Å². The molecule has 1 aromatic rings. The van der Waals surface area contributed by atoms with Gasteiger partial charge >= 0.3 is 0 Å². The molecule has 1 unspecified atom stereocenters. The van der Waals surface area contributed by atoms with Crippen molar-refractivity contribution < 1.29 is 8.78 Å². The third-order valence-electron chi connectivity index (χ3n) is 2.03. The standard InChI is InChI=1S/C10H15F2N3/c11-8-1-2-10(12)7(3-8)5-15-6-9(14)4-13/h1-3,9,15H,4-6,13-14H2. The van der Waals surface area contributed by atoms with Crippen LogP contribution in [-0.4, -0.2) is 19.1 Å². The first-order chi connectivity index (χ1) is 7.13. The summed E-state index contributed by atoms with van der Waals surface area (Å²) in [6, 6.07) is 3.19. The van der Waals surface area contributed by atoms with Crippen LogP contribution in [0.25, 0.3) is 0 Å². The number of nitrogens with one attached hydrogen (secondary N) is 1. The molecule has 0 amide bonds. The second-order valence-electron chi connectivity index (χ2n) is 3.36. The van der Waals surface area contributed by atoms with Gasteiger partial charge in [-0.3, -0.25) is 0 Å². The first-order valence-corrected chi connectivity index (χ1v) is 4.73. The summed E-state index contributed by atoms with van der Waals surface area (Å²) in [5, 5.41) is 2.91. The van der Waals surface area contributed by atoms with E-state index < -0.39 is 11.6 Å². The lowest BCUT2D eigenvalue weighted by molar-refractivity contribution is 0.547. The minimum Gasteiger partial charge on any atom is -0.329 e. The SMILES string of the molecule is NCC(N)CNCc1cc(F)ccc1F. The number of nitrogens with two attached hydrogens (primary N) is 2. The van der Waals surface area contributed by atoms with Gasteiger partial charge in [0.1, 0.15) is 11.6 Å². The van der Waals surface area contributed by atoms with Crippen molar-refractivity contribution in [2.45, 2.75) is 12.6 Å². The van der Waals surface area contributed by atoms with Gasteiger partial charge in [-0.15, -0.1) is 0 Å². The highest BCUT2D eigenvalue weighted by Gasteiger charge is 2.04. The van der Waals surface area contributed by atoms with E-state index in [2.05, 4.69) is 5.32 Å². The van der Waals surface area contributed by atoms with Crippen LogP contribution >= 0.6 is 0 Å². The van der Waals surface area contributed by atoms with Gasteiger partial charge in [-0.1, -0.05) is 0 Å². The fraction of sp³-hybridized carbons (Fsp3) is 0.400. The Balaban J connectivity index is 2.46. The van der Waals surface area contributed by atoms with E-state index in [0.717, 1.165) is 18.2 Å². The number of hydrogen-bond acceptors (Lipinski definition) is 3. The Labute approximate surface area is 87.5 Å². The summed E-state index contributed by atoms with van der Waals surface area (Å²) in [4.78, 5) is 0. The summed E-state index contributed by atoms with van der Waals surface area (Å²) in [7, 11) is 0. The van der Waals surface area contributed by atoms with Gasteiger partial charge in [0.05, 0.1) is 0 Å². The van der Waals surface area contributed by atoms with Crippen molar-refractivity contribution in [3.8, 4) is 0 Å². The highest BCUT2D eigenvalue weighted by molar-refractivity contribution is 5.18. The topological polar surface area (TPSA) is 64.1 Å². The van der Waals surface area contributed by atoms with Crippen molar-refractivity contribution in [3.63, 3.8) is 0 Å². The third kappa shape index (κ3) is 3.91. The van der Waals surface area contributed by atoms with Crippen LogP contribution in [0.5, 0.6) is 0 Å². The van der Waals surface area contributed by atoms with Crippen molar-refractivity contribution in [2.24, 2.45) is 11.5 Å². The Kier molecular flexibility index (Phi) is 4.61. The van der Waals surface area contributed by atoms with Gasteiger partial charge in [0.15, 0.2) is 0 Å². The Morgan fingerprint density at radius 3 is 2.73 bits per heavy atom. The summed E-state index contributed by atoms with van der Waals surface area (Å²) in [5.41, 5.74) is 11.1. The Morgan fingerprint density at radius 2 is 2.07 bits per heavy atom. The second kappa shape index (κ2) is 5.75. The summed E-state index contributed by atoms with van der Waals surface area (Å²) in [6.07, 6.45) is 0. The van der Waals surface area contributed by atoms with E-state index in [4.69, 9.17) is 11.5 Å². The van der Waals surface area contributed by atoms with E-state index in [1.165, 1.54) is 0 Å². The van der Waals surface area contributed by atoms with Crippen LogP contribution in [0.15, 0.2) is 18.2 Å². The average molecular weight is 215 g/mol. The minimum atomic E-state index is -0.448. The maximum Gasteiger partial charge on any atom is 0.127 e. The van der Waals surface area contributed by atoms with Crippen LogP contribution < -0.4 is 16.8 Å². The van der Waals surface area contributed by atoms with Gasteiger partial charge < -0.3 is 16.8 Å². The molecule has 84 valence electrons. The lowest BCUT2D eigenvalue weighted by atomic mass is 10.2. The monoisotopic (exact) mass is 215 g/mol. The first kappa shape index (κ1) is 12.0. The molecule has 0 aromatic heterocycles. The Hall–Kier alpha value is -1.04. The quantitative estimate of drug-likeness (QED) is 0.663. The molecule has 0 bridgehead atoms. The predicted octanol–water partition coefficient (Wildman–Crippen LogP) is 0.340. The molecule has 0 aliphatic rings. The van der Waals surface area contributed by atoms with Crippen LogP contribution in [0.1, 0.15) is 5.56 Å². The maximum absolute atomic E-state index is 13.1. The number of benzene rings is 1. The van der Waals surface area contributed by atoms with Gasteiger partial charge in [0.25, 0.3) is 0 Å². The van der Waals surface area contributed by atoms with Gasteiger partial charge in [-0.2, -0.15) is 0 Å². The van der Waals surface area contributed by atoms with E-state index >= 15 is 0 Å². The van der Waals surface area contributed by atoms with Gasteiger partial charge in [-0.05, 0) is 18.2 Å². The molecule has 0 saturated heterocycles. The van der Waals surface area contributed by atoms with Crippen LogP contribution in [0.3, 0.4) is 0 Å².